The second-order valence-corrected chi connectivity index (χ2v) is 4.97. The lowest BCUT2D eigenvalue weighted by atomic mass is 10.1. The minimum absolute atomic E-state index is 0.706. The summed E-state index contributed by atoms with van der Waals surface area (Å²) in [5, 5.41) is 3.62. The van der Waals surface area contributed by atoms with Crippen LogP contribution in [0.15, 0.2) is 11.6 Å². The van der Waals surface area contributed by atoms with Gasteiger partial charge in [0.25, 0.3) is 0 Å². The second kappa shape index (κ2) is 5.66. The van der Waals surface area contributed by atoms with Crippen LogP contribution in [0.2, 0.25) is 0 Å². The van der Waals surface area contributed by atoms with Gasteiger partial charge in [-0.1, -0.05) is 24.5 Å². The van der Waals surface area contributed by atoms with Crippen LogP contribution in [0, 0.1) is 5.92 Å². The van der Waals surface area contributed by atoms with E-state index in [9.17, 15) is 0 Å². The Hall–Kier alpha value is -0.340. The molecule has 1 unspecified atom stereocenters. The maximum Gasteiger partial charge on any atom is 0.0650 e. The average molecular weight is 209 g/mol. The number of rotatable bonds is 6. The normalized spacial score (nSPS) is 23.7. The van der Waals surface area contributed by atoms with Crippen LogP contribution in [0.4, 0.5) is 0 Å². The van der Waals surface area contributed by atoms with E-state index in [0.717, 1.165) is 32.1 Å². The first kappa shape index (κ1) is 11.2. The largest absolute Gasteiger partial charge is 0.377 e. The van der Waals surface area contributed by atoms with Gasteiger partial charge in [0.15, 0.2) is 0 Å². The van der Waals surface area contributed by atoms with Gasteiger partial charge >= 0.3 is 0 Å². The fourth-order valence-corrected chi connectivity index (χ4v) is 2.21. The van der Waals surface area contributed by atoms with Gasteiger partial charge in [-0.3, -0.25) is 0 Å². The first-order valence-corrected chi connectivity index (χ1v) is 6.33. The third-order valence-electron chi connectivity index (χ3n) is 3.38. The average Bonchev–Trinajstić information content (AvgIpc) is 3.03. The van der Waals surface area contributed by atoms with Crippen LogP contribution < -0.4 is 5.32 Å². The zero-order chi connectivity index (χ0) is 10.5. The van der Waals surface area contributed by atoms with Crippen LogP contribution in [0.5, 0.6) is 0 Å². The van der Waals surface area contributed by atoms with Gasteiger partial charge in [-0.2, -0.15) is 0 Å². The monoisotopic (exact) mass is 209 g/mol. The SMILES string of the molecule is CC(CC1CC1)NCCC1=CCOCC1. The Balaban J connectivity index is 1.54. The Bertz CT molecular complexity index is 221. The highest BCUT2D eigenvalue weighted by Gasteiger charge is 2.23. The third-order valence-corrected chi connectivity index (χ3v) is 3.38. The molecule has 0 aromatic rings. The van der Waals surface area contributed by atoms with Crippen molar-refractivity contribution in [1.29, 1.82) is 0 Å². The van der Waals surface area contributed by atoms with E-state index in [1.165, 1.54) is 25.7 Å². The predicted molar refractivity (Wildman–Crippen MR) is 62.9 cm³/mol. The minimum Gasteiger partial charge on any atom is -0.377 e. The van der Waals surface area contributed by atoms with Gasteiger partial charge in [0.2, 0.25) is 0 Å². The highest BCUT2D eigenvalue weighted by Crippen LogP contribution is 2.33. The molecule has 0 amide bonds. The highest BCUT2D eigenvalue weighted by atomic mass is 16.5. The molecule has 0 aromatic carbocycles. The molecule has 2 nitrogen and oxygen atoms in total. The molecule has 0 aromatic heterocycles. The number of hydrogen-bond donors (Lipinski definition) is 1. The molecule has 0 saturated heterocycles. The second-order valence-electron chi connectivity index (χ2n) is 4.97. The summed E-state index contributed by atoms with van der Waals surface area (Å²) in [4.78, 5) is 0. The van der Waals surface area contributed by atoms with Gasteiger partial charge in [0.1, 0.15) is 0 Å². The highest BCUT2D eigenvalue weighted by molar-refractivity contribution is 5.04. The molecule has 2 aliphatic rings. The van der Waals surface area contributed by atoms with E-state index >= 15 is 0 Å². The predicted octanol–water partition coefficient (Wildman–Crippen LogP) is 2.50. The van der Waals surface area contributed by atoms with E-state index in [1.54, 1.807) is 5.57 Å². The smallest absolute Gasteiger partial charge is 0.0650 e. The van der Waals surface area contributed by atoms with Crippen LogP contribution in [-0.2, 0) is 4.74 Å². The lowest BCUT2D eigenvalue weighted by Gasteiger charge is -2.16. The summed E-state index contributed by atoms with van der Waals surface area (Å²) in [6.45, 7) is 5.20. The summed E-state index contributed by atoms with van der Waals surface area (Å²) in [5.74, 6) is 1.04. The zero-order valence-corrected chi connectivity index (χ0v) is 9.80. The van der Waals surface area contributed by atoms with Crippen molar-refractivity contribution in [3.63, 3.8) is 0 Å². The number of nitrogens with one attached hydrogen (secondary N) is 1. The van der Waals surface area contributed by atoms with Gasteiger partial charge < -0.3 is 10.1 Å². The molecule has 86 valence electrons. The topological polar surface area (TPSA) is 21.3 Å². The van der Waals surface area contributed by atoms with E-state index in [-0.39, 0.29) is 0 Å². The Labute approximate surface area is 93.1 Å². The molecular weight excluding hydrogens is 186 g/mol. The van der Waals surface area contributed by atoms with Gasteiger partial charge in [-0.25, -0.2) is 0 Å². The van der Waals surface area contributed by atoms with E-state index in [0.29, 0.717) is 6.04 Å². The summed E-state index contributed by atoms with van der Waals surface area (Å²) in [7, 11) is 0. The molecule has 1 aliphatic carbocycles. The lowest BCUT2D eigenvalue weighted by Crippen LogP contribution is -2.28. The molecule has 0 radical (unpaired) electrons. The minimum atomic E-state index is 0.706. The molecule has 0 bridgehead atoms. The van der Waals surface area contributed by atoms with Crippen molar-refractivity contribution in [3.8, 4) is 0 Å². The molecule has 1 atom stereocenters. The third kappa shape index (κ3) is 4.35. The molecule has 1 N–H and O–H groups in total. The molecule has 2 heteroatoms. The number of ether oxygens (including phenoxy) is 1. The maximum absolute atomic E-state index is 5.29. The Morgan fingerprint density at radius 1 is 1.53 bits per heavy atom. The van der Waals surface area contributed by atoms with Crippen LogP contribution in [0.3, 0.4) is 0 Å². The number of hydrogen-bond acceptors (Lipinski definition) is 2. The molecule has 1 saturated carbocycles. The molecule has 1 aliphatic heterocycles. The van der Waals surface area contributed by atoms with Crippen molar-refractivity contribution in [2.24, 2.45) is 5.92 Å². The fraction of sp³-hybridized carbons (Fsp3) is 0.846. The van der Waals surface area contributed by atoms with Crippen molar-refractivity contribution in [2.75, 3.05) is 19.8 Å². The summed E-state index contributed by atoms with van der Waals surface area (Å²) < 4.78 is 5.29. The molecule has 1 heterocycles. The fourth-order valence-electron chi connectivity index (χ4n) is 2.21. The molecule has 0 spiro atoms. The first-order chi connectivity index (χ1) is 7.34. The van der Waals surface area contributed by atoms with Crippen LogP contribution >= 0.6 is 0 Å². The summed E-state index contributed by atoms with van der Waals surface area (Å²) in [5.41, 5.74) is 1.58. The van der Waals surface area contributed by atoms with Crippen molar-refractivity contribution in [3.05, 3.63) is 11.6 Å². The molecule has 2 rings (SSSR count). The van der Waals surface area contributed by atoms with E-state index < -0.39 is 0 Å². The van der Waals surface area contributed by atoms with E-state index in [2.05, 4.69) is 18.3 Å². The Morgan fingerprint density at radius 2 is 2.40 bits per heavy atom. The van der Waals surface area contributed by atoms with Crippen LogP contribution in [-0.4, -0.2) is 25.8 Å². The van der Waals surface area contributed by atoms with E-state index in [1.807, 2.05) is 0 Å². The van der Waals surface area contributed by atoms with E-state index in [4.69, 9.17) is 4.74 Å². The van der Waals surface area contributed by atoms with Crippen molar-refractivity contribution in [1.82, 2.24) is 5.32 Å². The zero-order valence-electron chi connectivity index (χ0n) is 9.80. The lowest BCUT2D eigenvalue weighted by molar-refractivity contribution is 0.153. The Kier molecular flexibility index (Phi) is 4.21. The standard InChI is InChI=1S/C13H23NO/c1-11(10-13-2-3-13)14-7-4-12-5-8-15-9-6-12/h5,11,13-14H,2-4,6-10H2,1H3. The molecular formula is C13H23NO. The van der Waals surface area contributed by atoms with Gasteiger partial charge in [0, 0.05) is 6.04 Å². The first-order valence-electron chi connectivity index (χ1n) is 6.33. The molecule has 15 heavy (non-hydrogen) atoms. The maximum atomic E-state index is 5.29. The van der Waals surface area contributed by atoms with Crippen molar-refractivity contribution >= 4 is 0 Å². The molecule has 1 fully saturated rings. The van der Waals surface area contributed by atoms with Gasteiger partial charge in [-0.05, 0) is 38.6 Å². The quantitative estimate of drug-likeness (QED) is 0.679. The summed E-state index contributed by atoms with van der Waals surface area (Å²) in [6.07, 6.45) is 8.90. The Morgan fingerprint density at radius 3 is 3.07 bits per heavy atom. The van der Waals surface area contributed by atoms with Crippen molar-refractivity contribution < 1.29 is 4.74 Å². The van der Waals surface area contributed by atoms with Crippen LogP contribution in [0.25, 0.3) is 0 Å². The van der Waals surface area contributed by atoms with Gasteiger partial charge in [0.05, 0.1) is 13.2 Å². The summed E-state index contributed by atoms with van der Waals surface area (Å²) >= 11 is 0. The van der Waals surface area contributed by atoms with Gasteiger partial charge in [-0.15, -0.1) is 0 Å². The van der Waals surface area contributed by atoms with Crippen molar-refractivity contribution in [2.45, 2.75) is 45.1 Å². The van der Waals surface area contributed by atoms with Crippen LogP contribution in [0.1, 0.15) is 39.0 Å². The summed E-state index contributed by atoms with van der Waals surface area (Å²) in [6, 6.07) is 0.706.